The first-order valence-corrected chi connectivity index (χ1v) is 6.11. The molecule has 0 unspecified atom stereocenters. The van der Waals surface area contributed by atoms with Crippen LogP contribution in [-0.4, -0.2) is 36.4 Å². The predicted octanol–water partition coefficient (Wildman–Crippen LogP) is 1.36. The van der Waals surface area contributed by atoms with E-state index in [4.69, 9.17) is 10.5 Å². The van der Waals surface area contributed by atoms with E-state index >= 15 is 0 Å². The quantitative estimate of drug-likeness (QED) is 0.728. The van der Waals surface area contributed by atoms with Gasteiger partial charge in [0.05, 0.1) is 5.56 Å². The van der Waals surface area contributed by atoms with Crippen molar-refractivity contribution in [1.82, 2.24) is 4.90 Å². The zero-order valence-electron chi connectivity index (χ0n) is 11.2. The number of ether oxygens (including phenoxy) is 1. The number of hydrogen-bond acceptors (Lipinski definition) is 3. The monoisotopic (exact) mass is 274 g/mol. The Labute approximate surface area is 118 Å². The van der Waals surface area contributed by atoms with E-state index in [2.05, 4.69) is 13.2 Å². The summed E-state index contributed by atoms with van der Waals surface area (Å²) in [5.74, 6) is -0.517. The van der Waals surface area contributed by atoms with Crippen molar-refractivity contribution < 1.29 is 14.3 Å². The summed E-state index contributed by atoms with van der Waals surface area (Å²) in [5.41, 5.74) is 5.48. The Bertz CT molecular complexity index is 502. The predicted molar refractivity (Wildman–Crippen MR) is 77.4 cm³/mol. The SMILES string of the molecule is C=CCN(CC=C)C(=O)COc1ccccc1C(N)=O. The lowest BCUT2D eigenvalue weighted by Crippen LogP contribution is -2.35. The minimum Gasteiger partial charge on any atom is -0.483 e. The maximum atomic E-state index is 12.0. The Balaban J connectivity index is 2.71. The topological polar surface area (TPSA) is 72.6 Å². The molecule has 0 spiro atoms. The van der Waals surface area contributed by atoms with Crippen LogP contribution in [0.2, 0.25) is 0 Å². The summed E-state index contributed by atoms with van der Waals surface area (Å²) in [6.07, 6.45) is 3.25. The van der Waals surface area contributed by atoms with Crippen molar-refractivity contribution in [1.29, 1.82) is 0 Å². The molecule has 0 aromatic heterocycles. The molecule has 1 aromatic rings. The average molecular weight is 274 g/mol. The first kappa shape index (κ1) is 15.5. The molecule has 20 heavy (non-hydrogen) atoms. The molecule has 1 rings (SSSR count). The molecule has 0 aliphatic rings. The van der Waals surface area contributed by atoms with Gasteiger partial charge in [-0.1, -0.05) is 24.3 Å². The lowest BCUT2D eigenvalue weighted by Gasteiger charge is -2.19. The summed E-state index contributed by atoms with van der Waals surface area (Å²) in [7, 11) is 0. The van der Waals surface area contributed by atoms with Crippen LogP contribution in [0.1, 0.15) is 10.4 Å². The van der Waals surface area contributed by atoms with Gasteiger partial charge in [0.25, 0.3) is 11.8 Å². The second kappa shape index (κ2) is 7.78. The molecule has 0 atom stereocenters. The largest absolute Gasteiger partial charge is 0.483 e. The third-order valence-electron chi connectivity index (χ3n) is 2.56. The van der Waals surface area contributed by atoms with Gasteiger partial charge in [0, 0.05) is 13.1 Å². The molecule has 0 aliphatic heterocycles. The number of carbonyl (C=O) groups excluding carboxylic acids is 2. The van der Waals surface area contributed by atoms with Gasteiger partial charge in [0.1, 0.15) is 5.75 Å². The van der Waals surface area contributed by atoms with E-state index in [0.717, 1.165) is 0 Å². The number of para-hydroxylation sites is 1. The molecular formula is C15H18N2O3. The van der Waals surface area contributed by atoms with E-state index in [1.165, 1.54) is 4.90 Å². The maximum Gasteiger partial charge on any atom is 0.261 e. The van der Waals surface area contributed by atoms with Crippen molar-refractivity contribution in [2.75, 3.05) is 19.7 Å². The minimum atomic E-state index is -0.595. The third kappa shape index (κ3) is 4.28. The van der Waals surface area contributed by atoms with Crippen LogP contribution >= 0.6 is 0 Å². The van der Waals surface area contributed by atoms with Crippen LogP contribution in [0.4, 0.5) is 0 Å². The number of carbonyl (C=O) groups is 2. The number of rotatable bonds is 8. The fraction of sp³-hybridized carbons (Fsp3) is 0.200. The van der Waals surface area contributed by atoms with Crippen molar-refractivity contribution in [2.24, 2.45) is 5.73 Å². The summed E-state index contributed by atoms with van der Waals surface area (Å²) < 4.78 is 5.37. The van der Waals surface area contributed by atoms with Crippen LogP contribution in [0.25, 0.3) is 0 Å². The molecule has 106 valence electrons. The van der Waals surface area contributed by atoms with E-state index < -0.39 is 5.91 Å². The van der Waals surface area contributed by atoms with E-state index in [1.54, 1.807) is 36.4 Å². The summed E-state index contributed by atoms with van der Waals surface area (Å²) in [4.78, 5) is 24.7. The van der Waals surface area contributed by atoms with E-state index in [0.29, 0.717) is 18.8 Å². The first-order chi connectivity index (χ1) is 9.60. The zero-order valence-corrected chi connectivity index (χ0v) is 11.2. The fourth-order valence-electron chi connectivity index (χ4n) is 1.62. The Kier molecular flexibility index (Phi) is 6.03. The third-order valence-corrected chi connectivity index (χ3v) is 2.56. The smallest absolute Gasteiger partial charge is 0.261 e. The van der Waals surface area contributed by atoms with Gasteiger partial charge < -0.3 is 15.4 Å². The molecule has 0 heterocycles. The summed E-state index contributed by atoms with van der Waals surface area (Å²) in [6, 6.07) is 6.53. The summed E-state index contributed by atoms with van der Waals surface area (Å²) in [6.45, 7) is 7.82. The van der Waals surface area contributed by atoms with E-state index in [9.17, 15) is 9.59 Å². The molecule has 0 saturated heterocycles. The molecule has 0 bridgehead atoms. The van der Waals surface area contributed by atoms with Crippen molar-refractivity contribution in [3.8, 4) is 5.75 Å². The van der Waals surface area contributed by atoms with Gasteiger partial charge in [-0.3, -0.25) is 9.59 Å². The van der Waals surface area contributed by atoms with Crippen LogP contribution < -0.4 is 10.5 Å². The van der Waals surface area contributed by atoms with Gasteiger partial charge in [-0.2, -0.15) is 0 Å². The molecular weight excluding hydrogens is 256 g/mol. The number of amides is 2. The standard InChI is InChI=1S/C15H18N2O3/c1-3-9-17(10-4-2)14(18)11-20-13-8-6-5-7-12(13)15(16)19/h3-8H,1-2,9-11H2,(H2,16,19). The Hall–Kier alpha value is -2.56. The molecule has 2 amide bonds. The highest BCUT2D eigenvalue weighted by atomic mass is 16.5. The van der Waals surface area contributed by atoms with Crippen molar-refractivity contribution in [2.45, 2.75) is 0 Å². The summed E-state index contributed by atoms with van der Waals surface area (Å²) >= 11 is 0. The van der Waals surface area contributed by atoms with Gasteiger partial charge in [0.2, 0.25) is 0 Å². The van der Waals surface area contributed by atoms with Crippen molar-refractivity contribution >= 4 is 11.8 Å². The number of hydrogen-bond donors (Lipinski definition) is 1. The highest BCUT2D eigenvalue weighted by Crippen LogP contribution is 2.17. The van der Waals surface area contributed by atoms with Gasteiger partial charge >= 0.3 is 0 Å². The maximum absolute atomic E-state index is 12.0. The van der Waals surface area contributed by atoms with Crippen LogP contribution in [0, 0.1) is 0 Å². The second-order valence-corrected chi connectivity index (χ2v) is 4.03. The number of nitrogens with two attached hydrogens (primary N) is 1. The molecule has 1 aromatic carbocycles. The average Bonchev–Trinajstić information content (AvgIpc) is 2.44. The van der Waals surface area contributed by atoms with E-state index in [1.807, 2.05) is 0 Å². The number of nitrogens with zero attached hydrogens (tertiary/aromatic N) is 1. The Morgan fingerprint density at radius 3 is 2.35 bits per heavy atom. The highest BCUT2D eigenvalue weighted by molar-refractivity contribution is 5.95. The van der Waals surface area contributed by atoms with Crippen LogP contribution in [0.15, 0.2) is 49.6 Å². The van der Waals surface area contributed by atoms with Crippen molar-refractivity contribution in [3.05, 3.63) is 55.1 Å². The van der Waals surface area contributed by atoms with Gasteiger partial charge in [-0.25, -0.2) is 0 Å². The van der Waals surface area contributed by atoms with Crippen LogP contribution in [0.3, 0.4) is 0 Å². The lowest BCUT2D eigenvalue weighted by atomic mass is 10.2. The van der Waals surface area contributed by atoms with E-state index in [-0.39, 0.29) is 18.1 Å². The minimum absolute atomic E-state index is 0.175. The van der Waals surface area contributed by atoms with Gasteiger partial charge in [-0.15, -0.1) is 13.2 Å². The van der Waals surface area contributed by atoms with Crippen molar-refractivity contribution in [3.63, 3.8) is 0 Å². The molecule has 0 fully saturated rings. The normalized spacial score (nSPS) is 9.60. The molecule has 5 heteroatoms. The lowest BCUT2D eigenvalue weighted by molar-refractivity contribution is -0.132. The Morgan fingerprint density at radius 1 is 1.20 bits per heavy atom. The highest BCUT2D eigenvalue weighted by Gasteiger charge is 2.14. The molecule has 0 saturated carbocycles. The molecule has 0 aliphatic carbocycles. The Morgan fingerprint density at radius 2 is 1.80 bits per heavy atom. The summed E-state index contributed by atoms with van der Waals surface area (Å²) in [5, 5.41) is 0. The first-order valence-electron chi connectivity index (χ1n) is 6.11. The van der Waals surface area contributed by atoms with Crippen LogP contribution in [0.5, 0.6) is 5.75 Å². The number of primary amides is 1. The van der Waals surface area contributed by atoms with Gasteiger partial charge in [0.15, 0.2) is 6.61 Å². The second-order valence-electron chi connectivity index (χ2n) is 4.03. The molecule has 2 N–H and O–H groups in total. The molecule has 0 radical (unpaired) electrons. The fourth-order valence-corrected chi connectivity index (χ4v) is 1.62. The zero-order chi connectivity index (χ0) is 15.0. The van der Waals surface area contributed by atoms with Gasteiger partial charge in [-0.05, 0) is 12.1 Å². The molecule has 5 nitrogen and oxygen atoms in total. The van der Waals surface area contributed by atoms with Crippen LogP contribution in [-0.2, 0) is 4.79 Å². The number of benzene rings is 1.